The van der Waals surface area contributed by atoms with E-state index >= 15 is 0 Å². The lowest BCUT2D eigenvalue weighted by Gasteiger charge is -2.43. The molecule has 0 fully saturated rings. The van der Waals surface area contributed by atoms with Crippen molar-refractivity contribution in [2.75, 3.05) is 6.61 Å². The molecule has 2 rings (SSSR count). The average Bonchev–Trinajstić information content (AvgIpc) is 2.34. The molecule has 0 aromatic heterocycles. The zero-order valence-corrected chi connectivity index (χ0v) is 13.6. The number of benzene rings is 1. The summed E-state index contributed by atoms with van der Waals surface area (Å²) in [5.41, 5.74) is -5.93. The van der Waals surface area contributed by atoms with Crippen molar-refractivity contribution in [3.05, 3.63) is 28.8 Å². The second kappa shape index (κ2) is 5.77. The fourth-order valence-corrected chi connectivity index (χ4v) is 4.55. The van der Waals surface area contributed by atoms with Gasteiger partial charge >= 0.3 is 19.1 Å². The van der Waals surface area contributed by atoms with Crippen LogP contribution in [0.4, 0.5) is 26.3 Å². The highest BCUT2D eigenvalue weighted by Gasteiger charge is 2.77. The van der Waals surface area contributed by atoms with Gasteiger partial charge in [-0.15, -0.1) is 0 Å². The number of hydrogen-bond acceptors (Lipinski definition) is 4. The molecule has 3 nitrogen and oxygen atoms in total. The van der Waals surface area contributed by atoms with Gasteiger partial charge in [0.25, 0.3) is 5.60 Å². The minimum absolute atomic E-state index is 0.123. The van der Waals surface area contributed by atoms with Crippen molar-refractivity contribution < 1.29 is 39.9 Å². The number of alkyl halides is 6. The van der Waals surface area contributed by atoms with Crippen LogP contribution in [0.15, 0.2) is 18.2 Å². The summed E-state index contributed by atoms with van der Waals surface area (Å²) in [5.74, 6) is -0.768. The molecule has 1 aromatic rings. The van der Waals surface area contributed by atoms with E-state index in [9.17, 15) is 26.3 Å². The molecule has 23 heavy (non-hydrogen) atoms. The SMILES string of the molecule is CCO[P@@]1(=S)Oc2cc(Cl)ccc2C(C(F)(F)F)(C(F)(F)F)O1. The van der Waals surface area contributed by atoms with Gasteiger partial charge in [-0.25, -0.2) is 0 Å². The van der Waals surface area contributed by atoms with Crippen molar-refractivity contribution in [3.63, 3.8) is 0 Å². The first kappa shape index (κ1) is 18.8. The van der Waals surface area contributed by atoms with Crippen LogP contribution in [0.25, 0.3) is 0 Å². The third-order valence-corrected chi connectivity index (χ3v) is 5.36. The van der Waals surface area contributed by atoms with Crippen LogP contribution in [0.5, 0.6) is 5.75 Å². The summed E-state index contributed by atoms with van der Waals surface area (Å²) in [4.78, 5) is 0. The van der Waals surface area contributed by atoms with Gasteiger partial charge in [0.05, 0.1) is 6.61 Å². The summed E-state index contributed by atoms with van der Waals surface area (Å²) in [7, 11) is 0. The first-order chi connectivity index (χ1) is 10.4. The maximum atomic E-state index is 13.4. The first-order valence-electron chi connectivity index (χ1n) is 5.95. The van der Waals surface area contributed by atoms with Gasteiger partial charge in [0.1, 0.15) is 5.75 Å². The largest absolute Gasteiger partial charge is 0.431 e. The molecular formula is C11H8ClF6O3PS. The highest BCUT2D eigenvalue weighted by molar-refractivity contribution is 8.07. The summed E-state index contributed by atoms with van der Waals surface area (Å²) < 4.78 is 94.6. The van der Waals surface area contributed by atoms with E-state index in [1.54, 1.807) is 0 Å². The van der Waals surface area contributed by atoms with Gasteiger partial charge in [-0.05, 0) is 19.1 Å². The van der Waals surface area contributed by atoms with Crippen LogP contribution in [0, 0.1) is 0 Å². The second-order valence-electron chi connectivity index (χ2n) is 4.36. The van der Waals surface area contributed by atoms with Crippen LogP contribution in [-0.4, -0.2) is 19.0 Å². The standard InChI is InChI=1S/C11H8ClF6O3PS/c1-2-19-22(23)20-8-5-6(12)3-4-7(8)9(21-22,10(13,14)15)11(16,17)18/h3-5H,2H2,1H3/t22-/m1/s1. The lowest BCUT2D eigenvalue weighted by molar-refractivity contribution is -0.369. The Labute approximate surface area is 136 Å². The molecule has 0 spiro atoms. The Morgan fingerprint density at radius 1 is 1.22 bits per heavy atom. The number of halogens is 7. The predicted octanol–water partition coefficient (Wildman–Crippen LogP) is 5.33. The molecule has 0 saturated heterocycles. The maximum absolute atomic E-state index is 13.4. The molecule has 0 aliphatic carbocycles. The lowest BCUT2D eigenvalue weighted by Crippen LogP contribution is -2.56. The van der Waals surface area contributed by atoms with Gasteiger partial charge < -0.3 is 4.52 Å². The molecule has 1 aliphatic heterocycles. The Balaban J connectivity index is 2.82. The van der Waals surface area contributed by atoms with Gasteiger partial charge in [0.15, 0.2) is 0 Å². The number of fused-ring (bicyclic) bond motifs is 1. The third-order valence-electron chi connectivity index (χ3n) is 2.87. The molecule has 1 heterocycles. The smallest absolute Gasteiger partial charge is 0.424 e. The highest BCUT2D eigenvalue weighted by atomic mass is 35.5. The quantitative estimate of drug-likeness (QED) is 0.495. The fraction of sp³-hybridized carbons (Fsp3) is 0.455. The van der Waals surface area contributed by atoms with Crippen LogP contribution in [-0.2, 0) is 26.5 Å². The molecule has 0 unspecified atom stereocenters. The average molecular weight is 401 g/mol. The molecule has 0 bridgehead atoms. The molecule has 1 atom stereocenters. The summed E-state index contributed by atoms with van der Waals surface area (Å²) >= 11 is 10.3. The van der Waals surface area contributed by atoms with Gasteiger partial charge in [0.2, 0.25) is 0 Å². The van der Waals surface area contributed by atoms with E-state index in [-0.39, 0.29) is 11.6 Å². The Morgan fingerprint density at radius 3 is 2.26 bits per heavy atom. The molecule has 0 saturated carbocycles. The van der Waals surface area contributed by atoms with E-state index in [1.165, 1.54) is 6.92 Å². The van der Waals surface area contributed by atoms with Crippen LogP contribution < -0.4 is 4.52 Å². The summed E-state index contributed by atoms with van der Waals surface area (Å²) in [6.07, 6.45) is -11.7. The lowest BCUT2D eigenvalue weighted by atomic mass is 9.91. The topological polar surface area (TPSA) is 27.7 Å². The molecule has 0 amide bonds. The normalized spacial score (nSPS) is 24.0. The van der Waals surface area contributed by atoms with E-state index in [0.717, 1.165) is 12.1 Å². The fourth-order valence-electron chi connectivity index (χ4n) is 2.00. The Morgan fingerprint density at radius 2 is 1.78 bits per heavy atom. The molecule has 1 aromatic carbocycles. The van der Waals surface area contributed by atoms with Gasteiger partial charge in [-0.1, -0.05) is 17.7 Å². The minimum atomic E-state index is -5.85. The molecule has 0 radical (unpaired) electrons. The maximum Gasteiger partial charge on any atom is 0.431 e. The van der Waals surface area contributed by atoms with E-state index in [2.05, 4.69) is 16.3 Å². The third kappa shape index (κ3) is 3.07. The Bertz CT molecular complexity index is 648. The second-order valence-corrected chi connectivity index (χ2v) is 7.66. The predicted molar refractivity (Wildman–Crippen MR) is 72.9 cm³/mol. The van der Waals surface area contributed by atoms with E-state index in [1.807, 2.05) is 0 Å². The summed E-state index contributed by atoms with van der Waals surface area (Å²) in [6, 6.07) is 2.23. The molecule has 12 heteroatoms. The summed E-state index contributed by atoms with van der Waals surface area (Å²) in [5, 5.41) is -0.123. The van der Waals surface area contributed by atoms with Crippen LogP contribution in [0.3, 0.4) is 0 Å². The van der Waals surface area contributed by atoms with Crippen molar-refractivity contribution in [3.8, 4) is 5.75 Å². The van der Waals surface area contributed by atoms with Gasteiger partial charge in [0, 0.05) is 22.4 Å². The number of hydrogen-bond donors (Lipinski definition) is 0. The van der Waals surface area contributed by atoms with Crippen molar-refractivity contribution in [1.29, 1.82) is 0 Å². The van der Waals surface area contributed by atoms with Crippen molar-refractivity contribution >= 4 is 30.1 Å². The Hall–Kier alpha value is -0.540. The first-order valence-corrected chi connectivity index (χ1v) is 8.88. The van der Waals surface area contributed by atoms with Crippen LogP contribution in [0.2, 0.25) is 5.02 Å². The minimum Gasteiger partial charge on any atom is -0.424 e. The number of rotatable bonds is 2. The molecule has 130 valence electrons. The summed E-state index contributed by atoms with van der Waals surface area (Å²) in [6.45, 7) is -3.31. The van der Waals surface area contributed by atoms with Crippen LogP contribution >= 0.6 is 18.3 Å². The zero-order valence-electron chi connectivity index (χ0n) is 11.2. The zero-order chi connectivity index (χ0) is 17.7. The van der Waals surface area contributed by atoms with Gasteiger partial charge in [-0.3, -0.25) is 9.05 Å². The van der Waals surface area contributed by atoms with Crippen molar-refractivity contribution in [2.45, 2.75) is 24.9 Å². The van der Waals surface area contributed by atoms with E-state index in [0.29, 0.717) is 6.07 Å². The van der Waals surface area contributed by atoms with E-state index < -0.39 is 36.0 Å². The van der Waals surface area contributed by atoms with Gasteiger partial charge in [-0.2, -0.15) is 26.3 Å². The Kier molecular flexibility index (Phi) is 4.71. The van der Waals surface area contributed by atoms with Crippen molar-refractivity contribution in [1.82, 2.24) is 0 Å². The molecule has 0 N–H and O–H groups in total. The van der Waals surface area contributed by atoms with Crippen molar-refractivity contribution in [2.24, 2.45) is 0 Å². The highest BCUT2D eigenvalue weighted by Crippen LogP contribution is 2.68. The van der Waals surface area contributed by atoms with Crippen LogP contribution in [0.1, 0.15) is 12.5 Å². The molecular weight excluding hydrogens is 393 g/mol. The monoisotopic (exact) mass is 400 g/mol. The molecule has 1 aliphatic rings. The van der Waals surface area contributed by atoms with E-state index in [4.69, 9.17) is 20.6 Å².